The maximum absolute atomic E-state index is 12.8. The van der Waals surface area contributed by atoms with Gasteiger partial charge in [0.05, 0.1) is 6.54 Å². The van der Waals surface area contributed by atoms with Crippen LogP contribution in [0.1, 0.15) is 49.4 Å². The largest absolute Gasteiger partial charge is 0.434 e. The van der Waals surface area contributed by atoms with Crippen LogP contribution in [0.5, 0.6) is 0 Å². The third-order valence-corrected chi connectivity index (χ3v) is 4.88. The first-order valence-corrected chi connectivity index (χ1v) is 8.85. The van der Waals surface area contributed by atoms with Crippen LogP contribution < -0.4 is 0 Å². The van der Waals surface area contributed by atoms with E-state index in [9.17, 15) is 13.2 Å². The summed E-state index contributed by atoms with van der Waals surface area (Å²) in [6.45, 7) is 6.19. The van der Waals surface area contributed by atoms with Gasteiger partial charge in [0.1, 0.15) is 17.5 Å². The van der Waals surface area contributed by atoms with Gasteiger partial charge >= 0.3 is 6.18 Å². The highest BCUT2D eigenvalue weighted by Crippen LogP contribution is 2.30. The topological polar surface area (TPSA) is 51.8 Å². The summed E-state index contributed by atoms with van der Waals surface area (Å²) in [4.78, 5) is 5.90. The molecule has 1 unspecified atom stereocenters. The van der Waals surface area contributed by atoms with E-state index < -0.39 is 11.9 Å². The zero-order valence-electron chi connectivity index (χ0n) is 15.6. The summed E-state index contributed by atoms with van der Waals surface area (Å²) in [7, 11) is 3.98. The first-order valence-electron chi connectivity index (χ1n) is 8.85. The Morgan fingerprint density at radius 2 is 2.04 bits per heavy atom. The molecule has 6 nitrogen and oxygen atoms in total. The number of aryl methyl sites for hydroxylation is 1. The second kappa shape index (κ2) is 7.02. The molecule has 0 fully saturated rings. The number of imidazole rings is 1. The van der Waals surface area contributed by atoms with E-state index in [1.54, 1.807) is 4.57 Å². The van der Waals surface area contributed by atoms with Gasteiger partial charge in [-0.3, -0.25) is 4.90 Å². The molecule has 1 aliphatic rings. The molecular formula is C17H25F3N6. The average Bonchev–Trinajstić information content (AvgIpc) is 3.11. The van der Waals surface area contributed by atoms with Gasteiger partial charge in [0.25, 0.3) is 0 Å². The predicted molar refractivity (Wildman–Crippen MR) is 90.5 cm³/mol. The summed E-state index contributed by atoms with van der Waals surface area (Å²) in [5.74, 6) is 2.99. The van der Waals surface area contributed by atoms with Gasteiger partial charge in [-0.25, -0.2) is 4.98 Å². The maximum atomic E-state index is 12.8. The lowest BCUT2D eigenvalue weighted by molar-refractivity contribution is -0.141. The smallest absolute Gasteiger partial charge is 0.334 e. The number of halogens is 3. The van der Waals surface area contributed by atoms with Crippen LogP contribution in [0.2, 0.25) is 0 Å². The molecule has 0 saturated heterocycles. The summed E-state index contributed by atoms with van der Waals surface area (Å²) in [6.07, 6.45) is -1.82. The fraction of sp³-hybridized carbons (Fsp3) is 0.706. The molecule has 0 radical (unpaired) electrons. The summed E-state index contributed by atoms with van der Waals surface area (Å²) >= 11 is 0. The maximum Gasteiger partial charge on any atom is 0.434 e. The van der Waals surface area contributed by atoms with E-state index in [1.807, 2.05) is 18.7 Å². The minimum absolute atomic E-state index is 0.292. The molecule has 0 amide bonds. The number of fused-ring (bicyclic) bond motifs is 1. The molecule has 0 saturated carbocycles. The normalized spacial score (nSPS) is 18.0. The highest BCUT2D eigenvalue weighted by Gasteiger charge is 2.35. The van der Waals surface area contributed by atoms with Gasteiger partial charge < -0.3 is 9.13 Å². The Bertz CT molecular complexity index is 761. The fourth-order valence-corrected chi connectivity index (χ4v) is 3.56. The zero-order valence-corrected chi connectivity index (χ0v) is 15.6. The Hall–Kier alpha value is -1.90. The lowest BCUT2D eigenvalue weighted by Gasteiger charge is -2.27. The fourth-order valence-electron chi connectivity index (χ4n) is 3.56. The van der Waals surface area contributed by atoms with Gasteiger partial charge in [-0.2, -0.15) is 13.2 Å². The SMILES string of the molecule is CC(C)c1nnc(CN(C)CC2CCc3nc(C(F)(F)F)cn3C2)n1C. The van der Waals surface area contributed by atoms with Crippen LogP contribution >= 0.6 is 0 Å². The van der Waals surface area contributed by atoms with Gasteiger partial charge in [-0.05, 0) is 19.4 Å². The molecule has 1 aliphatic heterocycles. The van der Waals surface area contributed by atoms with Crippen LogP contribution in [0.15, 0.2) is 6.20 Å². The van der Waals surface area contributed by atoms with Crippen molar-refractivity contribution in [2.75, 3.05) is 13.6 Å². The molecule has 3 heterocycles. The molecule has 144 valence electrons. The third-order valence-electron chi connectivity index (χ3n) is 4.88. The van der Waals surface area contributed by atoms with Crippen molar-refractivity contribution >= 4 is 0 Å². The monoisotopic (exact) mass is 370 g/mol. The molecule has 26 heavy (non-hydrogen) atoms. The van der Waals surface area contributed by atoms with Crippen molar-refractivity contribution in [3.63, 3.8) is 0 Å². The van der Waals surface area contributed by atoms with Crippen molar-refractivity contribution in [1.29, 1.82) is 0 Å². The zero-order chi connectivity index (χ0) is 19.1. The third kappa shape index (κ3) is 3.92. The van der Waals surface area contributed by atoms with Crippen molar-refractivity contribution in [2.45, 2.75) is 51.9 Å². The molecule has 2 aromatic rings. The Labute approximate surface area is 151 Å². The van der Waals surface area contributed by atoms with E-state index in [4.69, 9.17) is 0 Å². The van der Waals surface area contributed by atoms with Crippen LogP contribution in [0, 0.1) is 5.92 Å². The molecular weight excluding hydrogens is 345 g/mol. The first kappa shape index (κ1) is 18.9. The number of alkyl halides is 3. The van der Waals surface area contributed by atoms with E-state index in [2.05, 4.69) is 33.9 Å². The van der Waals surface area contributed by atoms with E-state index in [0.717, 1.165) is 30.8 Å². The molecule has 9 heteroatoms. The second-order valence-electron chi connectivity index (χ2n) is 7.48. The molecule has 1 atom stereocenters. The number of hydrogen-bond donors (Lipinski definition) is 0. The summed E-state index contributed by atoms with van der Waals surface area (Å²) in [5.41, 5.74) is -0.790. The summed E-state index contributed by atoms with van der Waals surface area (Å²) < 4.78 is 42.1. The molecule has 0 aromatic carbocycles. The van der Waals surface area contributed by atoms with E-state index in [-0.39, 0.29) is 0 Å². The van der Waals surface area contributed by atoms with Crippen LogP contribution in [0.3, 0.4) is 0 Å². The van der Waals surface area contributed by atoms with Gasteiger partial charge in [0, 0.05) is 38.7 Å². The highest BCUT2D eigenvalue weighted by atomic mass is 19.4. The van der Waals surface area contributed by atoms with E-state index in [1.165, 1.54) is 0 Å². The molecule has 0 N–H and O–H groups in total. The van der Waals surface area contributed by atoms with Gasteiger partial charge in [0.15, 0.2) is 5.69 Å². The van der Waals surface area contributed by atoms with Gasteiger partial charge in [0.2, 0.25) is 0 Å². The van der Waals surface area contributed by atoms with Crippen molar-refractivity contribution < 1.29 is 13.2 Å². The Balaban J connectivity index is 1.61. The van der Waals surface area contributed by atoms with Crippen molar-refractivity contribution in [3.8, 4) is 0 Å². The van der Waals surface area contributed by atoms with Gasteiger partial charge in [-0.1, -0.05) is 13.8 Å². The molecule has 0 aliphatic carbocycles. The highest BCUT2D eigenvalue weighted by molar-refractivity contribution is 5.10. The van der Waals surface area contributed by atoms with Crippen molar-refractivity contribution in [2.24, 2.45) is 13.0 Å². The molecule has 2 aromatic heterocycles. The van der Waals surface area contributed by atoms with Crippen molar-refractivity contribution in [1.82, 2.24) is 29.2 Å². The second-order valence-corrected chi connectivity index (χ2v) is 7.48. The Morgan fingerprint density at radius 1 is 1.31 bits per heavy atom. The standard InChI is InChI=1S/C17H25F3N6/c1-11(2)16-23-22-15(25(16)4)10-24(3)7-12-5-6-14-21-13(17(18,19)20)9-26(14)8-12/h9,11-12H,5-8,10H2,1-4H3. The van der Waals surface area contributed by atoms with Crippen LogP contribution in [0.4, 0.5) is 13.2 Å². The molecule has 0 bridgehead atoms. The lowest BCUT2D eigenvalue weighted by atomic mass is 9.99. The average molecular weight is 370 g/mol. The number of rotatable bonds is 5. The molecule has 0 spiro atoms. The van der Waals surface area contributed by atoms with Crippen LogP contribution in [0.25, 0.3) is 0 Å². The lowest BCUT2D eigenvalue weighted by Crippen LogP contribution is -2.32. The number of aromatic nitrogens is 5. The quantitative estimate of drug-likeness (QED) is 0.812. The van der Waals surface area contributed by atoms with E-state index >= 15 is 0 Å². The number of hydrogen-bond acceptors (Lipinski definition) is 4. The number of nitrogens with zero attached hydrogens (tertiary/aromatic N) is 6. The minimum Gasteiger partial charge on any atom is -0.334 e. The Morgan fingerprint density at radius 3 is 2.65 bits per heavy atom. The van der Waals surface area contributed by atoms with Gasteiger partial charge in [-0.15, -0.1) is 10.2 Å². The summed E-state index contributed by atoms with van der Waals surface area (Å²) in [5, 5.41) is 8.51. The van der Waals surface area contributed by atoms with Crippen molar-refractivity contribution in [3.05, 3.63) is 29.4 Å². The minimum atomic E-state index is -4.38. The predicted octanol–water partition coefficient (Wildman–Crippen LogP) is 2.85. The first-order chi connectivity index (χ1) is 12.1. The summed E-state index contributed by atoms with van der Waals surface area (Å²) in [6, 6.07) is 0. The van der Waals surface area contributed by atoms with E-state index in [0.29, 0.717) is 37.2 Å². The molecule has 3 rings (SSSR count). The Kier molecular flexibility index (Phi) is 5.09. The van der Waals surface area contributed by atoms with Crippen LogP contribution in [-0.4, -0.2) is 42.8 Å². The van der Waals surface area contributed by atoms with Crippen LogP contribution in [-0.2, 0) is 32.7 Å².